The molecule has 0 spiro atoms. The summed E-state index contributed by atoms with van der Waals surface area (Å²) in [5.41, 5.74) is 3.85. The van der Waals surface area contributed by atoms with Gasteiger partial charge in [-0.3, -0.25) is 9.69 Å². The number of piperidine rings is 1. The zero-order valence-electron chi connectivity index (χ0n) is 16.0. The van der Waals surface area contributed by atoms with Gasteiger partial charge in [0, 0.05) is 31.0 Å². The molecule has 0 aliphatic carbocycles. The number of hydrogen-bond acceptors (Lipinski definition) is 3. The van der Waals surface area contributed by atoms with Crippen LogP contribution in [0.15, 0.2) is 54.6 Å². The number of likely N-dealkylation sites (tertiary alicyclic amines) is 1. The highest BCUT2D eigenvalue weighted by molar-refractivity contribution is 7.98. The van der Waals surface area contributed by atoms with E-state index in [1.165, 1.54) is 49.0 Å². The molecule has 0 bridgehead atoms. The second kappa shape index (κ2) is 11.2. The van der Waals surface area contributed by atoms with E-state index < -0.39 is 0 Å². The summed E-state index contributed by atoms with van der Waals surface area (Å²) >= 11 is 1.81. The van der Waals surface area contributed by atoms with Crippen LogP contribution in [0.3, 0.4) is 0 Å². The summed E-state index contributed by atoms with van der Waals surface area (Å²) < 4.78 is 0. The zero-order chi connectivity index (χ0) is 18.7. The molecule has 0 saturated carbocycles. The second-order valence-electron chi connectivity index (χ2n) is 7.22. The molecule has 27 heavy (non-hydrogen) atoms. The fourth-order valence-corrected chi connectivity index (χ4v) is 4.33. The lowest BCUT2D eigenvalue weighted by Gasteiger charge is -2.26. The normalized spacial score (nSPS) is 14.8. The predicted octanol–water partition coefficient (Wildman–Crippen LogP) is 4.61. The van der Waals surface area contributed by atoms with Gasteiger partial charge in [0.15, 0.2) is 0 Å². The van der Waals surface area contributed by atoms with Gasteiger partial charge in [0.25, 0.3) is 0 Å². The van der Waals surface area contributed by atoms with Gasteiger partial charge in [-0.1, -0.05) is 61.0 Å². The summed E-state index contributed by atoms with van der Waals surface area (Å²) in [6, 6.07) is 19.0. The molecule has 1 saturated heterocycles. The van der Waals surface area contributed by atoms with Gasteiger partial charge in [0.1, 0.15) is 0 Å². The lowest BCUT2D eigenvalue weighted by molar-refractivity contribution is -0.120. The Morgan fingerprint density at radius 2 is 1.67 bits per heavy atom. The summed E-state index contributed by atoms with van der Waals surface area (Å²) in [5, 5.41) is 3.06. The molecule has 1 fully saturated rings. The molecule has 1 heterocycles. The Hall–Kier alpha value is -1.78. The van der Waals surface area contributed by atoms with Crippen molar-refractivity contribution < 1.29 is 4.79 Å². The van der Waals surface area contributed by atoms with Gasteiger partial charge in [0.2, 0.25) is 5.91 Å². The molecular weight excluding hydrogens is 352 g/mol. The summed E-state index contributed by atoms with van der Waals surface area (Å²) in [6.07, 6.45) is 4.58. The molecule has 3 nitrogen and oxygen atoms in total. The number of nitrogens with one attached hydrogen (secondary N) is 1. The average Bonchev–Trinajstić information content (AvgIpc) is 2.71. The largest absolute Gasteiger partial charge is 0.352 e. The minimum atomic E-state index is 0.136. The molecule has 0 atom stereocenters. The summed E-state index contributed by atoms with van der Waals surface area (Å²) in [7, 11) is 0. The fraction of sp³-hybridized carbons (Fsp3) is 0.435. The van der Waals surface area contributed by atoms with Crippen molar-refractivity contribution in [1.82, 2.24) is 10.2 Å². The van der Waals surface area contributed by atoms with Crippen LogP contribution in [0.25, 0.3) is 0 Å². The van der Waals surface area contributed by atoms with Crippen LogP contribution in [0.4, 0.5) is 0 Å². The zero-order valence-corrected chi connectivity index (χ0v) is 16.8. The van der Waals surface area contributed by atoms with Crippen molar-refractivity contribution in [2.24, 2.45) is 0 Å². The van der Waals surface area contributed by atoms with Crippen LogP contribution in [0.1, 0.15) is 42.4 Å². The quantitative estimate of drug-likeness (QED) is 0.643. The highest BCUT2D eigenvalue weighted by atomic mass is 32.2. The van der Waals surface area contributed by atoms with Crippen molar-refractivity contribution in [2.45, 2.75) is 44.5 Å². The number of benzene rings is 2. The lowest BCUT2D eigenvalue weighted by atomic mass is 10.1. The number of nitrogens with zero attached hydrogens (tertiary/aromatic N) is 1. The maximum Gasteiger partial charge on any atom is 0.221 e. The fourth-order valence-electron chi connectivity index (χ4n) is 3.43. The van der Waals surface area contributed by atoms with Crippen molar-refractivity contribution >= 4 is 17.7 Å². The van der Waals surface area contributed by atoms with Gasteiger partial charge >= 0.3 is 0 Å². The molecule has 1 aliphatic rings. The van der Waals surface area contributed by atoms with E-state index in [1.54, 1.807) is 0 Å². The topological polar surface area (TPSA) is 32.3 Å². The van der Waals surface area contributed by atoms with E-state index in [-0.39, 0.29) is 5.91 Å². The number of carbonyl (C=O) groups excluding carboxylic acids is 1. The molecule has 2 aromatic carbocycles. The van der Waals surface area contributed by atoms with E-state index in [1.807, 2.05) is 17.8 Å². The molecule has 1 amide bonds. The molecular formula is C23H30N2OS. The molecule has 4 heteroatoms. The van der Waals surface area contributed by atoms with Crippen molar-refractivity contribution in [2.75, 3.05) is 18.8 Å². The third-order valence-corrected chi connectivity index (χ3v) is 5.95. The predicted molar refractivity (Wildman–Crippen MR) is 115 cm³/mol. The standard InChI is InChI=1S/C23H30N2OS/c26-23(12-15-27-19-20-8-3-1-4-9-20)24-17-21-10-7-11-22(16-21)18-25-13-5-2-6-14-25/h1,3-4,7-11,16H,2,5-6,12-15,17-19H2,(H,24,26). The van der Waals surface area contributed by atoms with Crippen molar-refractivity contribution in [3.8, 4) is 0 Å². The van der Waals surface area contributed by atoms with E-state index >= 15 is 0 Å². The summed E-state index contributed by atoms with van der Waals surface area (Å²) in [5.74, 6) is 1.96. The smallest absolute Gasteiger partial charge is 0.221 e. The average molecular weight is 383 g/mol. The first-order valence-electron chi connectivity index (χ1n) is 9.98. The van der Waals surface area contributed by atoms with Gasteiger partial charge in [-0.05, 0) is 42.6 Å². The van der Waals surface area contributed by atoms with Gasteiger partial charge in [-0.15, -0.1) is 0 Å². The Morgan fingerprint density at radius 3 is 2.48 bits per heavy atom. The highest BCUT2D eigenvalue weighted by Crippen LogP contribution is 2.15. The molecule has 0 aromatic heterocycles. The third-order valence-electron chi connectivity index (χ3n) is 4.92. The van der Waals surface area contributed by atoms with Gasteiger partial charge < -0.3 is 5.32 Å². The summed E-state index contributed by atoms with van der Waals surface area (Å²) in [4.78, 5) is 14.6. The minimum Gasteiger partial charge on any atom is -0.352 e. The molecule has 0 radical (unpaired) electrons. The van der Waals surface area contributed by atoms with E-state index in [9.17, 15) is 4.79 Å². The van der Waals surface area contributed by atoms with E-state index in [0.29, 0.717) is 13.0 Å². The lowest BCUT2D eigenvalue weighted by Crippen LogP contribution is -2.29. The van der Waals surface area contributed by atoms with Crippen LogP contribution in [-0.4, -0.2) is 29.6 Å². The first-order chi connectivity index (χ1) is 13.3. The Kier molecular flexibility index (Phi) is 8.25. The monoisotopic (exact) mass is 382 g/mol. The van der Waals surface area contributed by atoms with Crippen LogP contribution in [0.2, 0.25) is 0 Å². The first kappa shape index (κ1) is 20.0. The third kappa shape index (κ3) is 7.39. The molecule has 2 aromatic rings. The van der Waals surface area contributed by atoms with E-state index in [0.717, 1.165) is 18.1 Å². The summed E-state index contributed by atoms with van der Waals surface area (Å²) in [6.45, 7) is 4.07. The van der Waals surface area contributed by atoms with E-state index in [4.69, 9.17) is 0 Å². The highest BCUT2D eigenvalue weighted by Gasteiger charge is 2.10. The number of carbonyl (C=O) groups is 1. The first-order valence-corrected chi connectivity index (χ1v) is 11.1. The Labute approximate surface area is 167 Å². The van der Waals surface area contributed by atoms with Gasteiger partial charge in [-0.2, -0.15) is 11.8 Å². The van der Waals surface area contributed by atoms with Crippen LogP contribution < -0.4 is 5.32 Å². The van der Waals surface area contributed by atoms with Crippen LogP contribution in [0, 0.1) is 0 Å². The van der Waals surface area contributed by atoms with Crippen molar-refractivity contribution in [1.29, 1.82) is 0 Å². The van der Waals surface area contributed by atoms with Crippen LogP contribution in [-0.2, 0) is 23.6 Å². The van der Waals surface area contributed by atoms with Crippen LogP contribution >= 0.6 is 11.8 Å². The number of thioether (sulfide) groups is 1. The van der Waals surface area contributed by atoms with Crippen LogP contribution in [0.5, 0.6) is 0 Å². The molecule has 0 unspecified atom stereocenters. The van der Waals surface area contributed by atoms with Gasteiger partial charge in [0.05, 0.1) is 0 Å². The SMILES string of the molecule is O=C(CCSCc1ccccc1)NCc1cccc(CN2CCCCC2)c1. The van der Waals surface area contributed by atoms with Crippen molar-refractivity contribution in [3.05, 3.63) is 71.3 Å². The Bertz CT molecular complexity index is 699. The number of amides is 1. The second-order valence-corrected chi connectivity index (χ2v) is 8.33. The Balaban J connectivity index is 1.35. The molecule has 1 N–H and O–H groups in total. The van der Waals surface area contributed by atoms with Crippen molar-refractivity contribution in [3.63, 3.8) is 0 Å². The number of hydrogen-bond donors (Lipinski definition) is 1. The maximum absolute atomic E-state index is 12.1. The molecule has 144 valence electrons. The Morgan fingerprint density at radius 1 is 0.926 bits per heavy atom. The molecule has 1 aliphatic heterocycles. The van der Waals surface area contributed by atoms with E-state index in [2.05, 4.69) is 58.7 Å². The number of rotatable bonds is 9. The van der Waals surface area contributed by atoms with Gasteiger partial charge in [-0.25, -0.2) is 0 Å². The maximum atomic E-state index is 12.1. The minimum absolute atomic E-state index is 0.136. The molecule has 3 rings (SSSR count).